The summed E-state index contributed by atoms with van der Waals surface area (Å²) in [7, 11) is 0. The van der Waals surface area contributed by atoms with Crippen molar-refractivity contribution in [2.24, 2.45) is 0 Å². The Morgan fingerprint density at radius 1 is 1.44 bits per heavy atom. The summed E-state index contributed by atoms with van der Waals surface area (Å²) >= 11 is 3.95. The first-order valence-electron chi connectivity index (χ1n) is 5.00. The fraction of sp³-hybridized carbons (Fsp3) is 0.300. The lowest BCUT2D eigenvalue weighted by atomic mass is 10.0. The van der Waals surface area contributed by atoms with E-state index in [1.54, 1.807) is 0 Å². The zero-order chi connectivity index (χ0) is 13.5. The molecule has 0 saturated carbocycles. The number of carbonyl (C=O) groups is 1. The van der Waals surface area contributed by atoms with E-state index >= 15 is 0 Å². The number of hydrogen-bond donors (Lipinski definition) is 3. The third-order valence-electron chi connectivity index (χ3n) is 2.79. The van der Waals surface area contributed by atoms with E-state index in [4.69, 9.17) is 0 Å². The zero-order valence-corrected chi connectivity index (χ0v) is 10.1. The van der Waals surface area contributed by atoms with Gasteiger partial charge in [-0.05, 0) is 19.1 Å². The van der Waals surface area contributed by atoms with Crippen LogP contribution in [0.25, 0.3) is 0 Å². The highest BCUT2D eigenvalue weighted by Crippen LogP contribution is 2.33. The van der Waals surface area contributed by atoms with Crippen LogP contribution >= 0.6 is 12.6 Å². The van der Waals surface area contributed by atoms with Crippen molar-refractivity contribution in [2.75, 3.05) is 0 Å². The van der Waals surface area contributed by atoms with Crippen molar-refractivity contribution in [3.63, 3.8) is 0 Å². The lowest BCUT2D eigenvalue weighted by Gasteiger charge is -2.32. The molecule has 18 heavy (non-hydrogen) atoms. The van der Waals surface area contributed by atoms with Crippen molar-refractivity contribution in [3.05, 3.63) is 29.6 Å². The smallest absolute Gasteiger partial charge is 0.270 e. The van der Waals surface area contributed by atoms with Crippen LogP contribution in [0.15, 0.2) is 23.1 Å². The summed E-state index contributed by atoms with van der Waals surface area (Å²) < 4.78 is 39.6. The normalized spacial score (nSPS) is 23.7. The molecule has 0 bridgehead atoms. The molecule has 1 aliphatic rings. The maximum Gasteiger partial charge on any atom is 0.337 e. The molecule has 1 fully saturated rings. The van der Waals surface area contributed by atoms with Gasteiger partial charge in [0.1, 0.15) is 11.5 Å². The van der Waals surface area contributed by atoms with Crippen molar-refractivity contribution in [1.29, 1.82) is 0 Å². The zero-order valence-electron chi connectivity index (χ0n) is 9.25. The minimum absolute atomic E-state index is 0.0704. The Balaban J connectivity index is 2.50. The summed E-state index contributed by atoms with van der Waals surface area (Å²) in [6, 6.07) is 2.85. The molecule has 1 heterocycles. The molecule has 1 aliphatic heterocycles. The van der Waals surface area contributed by atoms with Crippen LogP contribution < -0.4 is 10.9 Å². The highest BCUT2D eigenvalue weighted by molar-refractivity contribution is 7.80. The summed E-state index contributed by atoms with van der Waals surface area (Å²) in [5, 5.41) is 0. The molecule has 0 aromatic heterocycles. The number of hydrogen-bond acceptors (Lipinski definition) is 3. The van der Waals surface area contributed by atoms with E-state index in [9.17, 15) is 18.0 Å². The number of carbonyl (C=O) groups excluding carboxylic acids is 1. The van der Waals surface area contributed by atoms with E-state index in [0.29, 0.717) is 4.90 Å². The van der Waals surface area contributed by atoms with Crippen LogP contribution in [0.4, 0.5) is 18.0 Å². The fourth-order valence-corrected chi connectivity index (χ4v) is 2.07. The second-order valence-electron chi connectivity index (χ2n) is 3.94. The van der Waals surface area contributed by atoms with Gasteiger partial charge in [-0.1, -0.05) is 6.07 Å². The van der Waals surface area contributed by atoms with Crippen LogP contribution in [0.1, 0.15) is 12.5 Å². The van der Waals surface area contributed by atoms with Crippen LogP contribution in [0.2, 0.25) is 0 Å². The SMILES string of the molecule is CC1(c2ccc(S)cc2F)NNC(=O)N1C(F)F. The summed E-state index contributed by atoms with van der Waals surface area (Å²) in [6.45, 7) is -1.77. The molecule has 0 spiro atoms. The molecule has 2 rings (SSSR count). The number of urea groups is 1. The first-order valence-corrected chi connectivity index (χ1v) is 5.44. The number of alkyl halides is 2. The molecule has 1 atom stereocenters. The third-order valence-corrected chi connectivity index (χ3v) is 3.06. The number of thiol groups is 1. The monoisotopic (exact) mass is 277 g/mol. The van der Waals surface area contributed by atoms with Gasteiger partial charge < -0.3 is 0 Å². The highest BCUT2D eigenvalue weighted by atomic mass is 32.1. The molecule has 2 amide bonds. The van der Waals surface area contributed by atoms with Crippen molar-refractivity contribution in [2.45, 2.75) is 24.0 Å². The van der Waals surface area contributed by atoms with Crippen molar-refractivity contribution < 1.29 is 18.0 Å². The van der Waals surface area contributed by atoms with Crippen LogP contribution in [0, 0.1) is 5.82 Å². The van der Waals surface area contributed by atoms with Gasteiger partial charge in [0.05, 0.1) is 0 Å². The van der Waals surface area contributed by atoms with E-state index in [1.165, 1.54) is 19.1 Å². The first kappa shape index (κ1) is 13.0. The maximum atomic E-state index is 13.8. The molecule has 1 saturated heterocycles. The molecule has 0 aliphatic carbocycles. The van der Waals surface area contributed by atoms with Gasteiger partial charge in [-0.2, -0.15) is 8.78 Å². The average molecular weight is 277 g/mol. The summed E-state index contributed by atoms with van der Waals surface area (Å²) in [5.74, 6) is -0.723. The Bertz CT molecular complexity index is 499. The molecule has 4 nitrogen and oxygen atoms in total. The van der Waals surface area contributed by atoms with Gasteiger partial charge in [-0.15, -0.1) is 12.6 Å². The second kappa shape index (κ2) is 4.36. The predicted octanol–water partition coefficient (Wildman–Crippen LogP) is 2.04. The Morgan fingerprint density at radius 3 is 2.67 bits per heavy atom. The van der Waals surface area contributed by atoms with Gasteiger partial charge in [0.2, 0.25) is 0 Å². The van der Waals surface area contributed by atoms with Gasteiger partial charge in [-0.3, -0.25) is 5.43 Å². The van der Waals surface area contributed by atoms with E-state index in [-0.39, 0.29) is 10.5 Å². The molecule has 98 valence electrons. The molecule has 1 aromatic carbocycles. The van der Waals surface area contributed by atoms with E-state index < -0.39 is 24.1 Å². The first-order chi connectivity index (χ1) is 8.36. The van der Waals surface area contributed by atoms with Crippen LogP contribution in [0.5, 0.6) is 0 Å². The minimum atomic E-state index is -3.06. The summed E-state index contributed by atoms with van der Waals surface area (Å²) in [6.07, 6.45) is 0. The summed E-state index contributed by atoms with van der Waals surface area (Å²) in [5.41, 5.74) is 2.70. The summed E-state index contributed by atoms with van der Waals surface area (Å²) in [4.78, 5) is 11.9. The van der Waals surface area contributed by atoms with Gasteiger partial charge in [-0.25, -0.2) is 19.5 Å². The largest absolute Gasteiger partial charge is 0.337 e. The van der Waals surface area contributed by atoms with Gasteiger partial charge in [0, 0.05) is 10.5 Å². The molecular weight excluding hydrogens is 267 g/mol. The number of nitrogens with zero attached hydrogens (tertiary/aromatic N) is 1. The van der Waals surface area contributed by atoms with E-state index in [0.717, 1.165) is 6.07 Å². The van der Waals surface area contributed by atoms with Crippen LogP contribution in [-0.2, 0) is 5.66 Å². The van der Waals surface area contributed by atoms with Crippen LogP contribution in [-0.4, -0.2) is 17.5 Å². The molecule has 8 heteroatoms. The Labute approximate surface area is 107 Å². The van der Waals surface area contributed by atoms with E-state index in [1.807, 2.05) is 0 Å². The fourth-order valence-electron chi connectivity index (χ4n) is 1.88. The number of amides is 2. The van der Waals surface area contributed by atoms with Crippen molar-refractivity contribution >= 4 is 18.7 Å². The lowest BCUT2D eigenvalue weighted by Crippen LogP contribution is -2.50. The Kier molecular flexibility index (Phi) is 3.16. The lowest BCUT2D eigenvalue weighted by molar-refractivity contribution is -0.0491. The standard InChI is InChI=1S/C10H10F3N3OS/c1-10(6-3-2-5(18)4-7(6)11)15-14-9(17)16(10)8(12)13/h2-4,8,15,18H,1H3,(H,14,17). The minimum Gasteiger partial charge on any atom is -0.270 e. The molecule has 0 radical (unpaired) electrons. The Morgan fingerprint density at radius 2 is 2.11 bits per heavy atom. The molecular formula is C10H10F3N3OS. The predicted molar refractivity (Wildman–Crippen MR) is 60.5 cm³/mol. The highest BCUT2D eigenvalue weighted by Gasteiger charge is 2.48. The number of rotatable bonds is 2. The quantitative estimate of drug-likeness (QED) is 0.572. The number of nitrogens with one attached hydrogen (secondary N) is 2. The second-order valence-corrected chi connectivity index (χ2v) is 4.46. The number of benzene rings is 1. The maximum absolute atomic E-state index is 13.8. The van der Waals surface area contributed by atoms with E-state index in [2.05, 4.69) is 23.5 Å². The average Bonchev–Trinajstić information content (AvgIpc) is 2.55. The molecule has 1 unspecified atom stereocenters. The van der Waals surface area contributed by atoms with Crippen LogP contribution in [0.3, 0.4) is 0 Å². The topological polar surface area (TPSA) is 44.4 Å². The van der Waals surface area contributed by atoms with Gasteiger partial charge >= 0.3 is 12.6 Å². The van der Waals surface area contributed by atoms with Gasteiger partial charge in [0.15, 0.2) is 0 Å². The molecule has 2 N–H and O–H groups in total. The number of hydrazine groups is 1. The molecule has 1 aromatic rings. The van der Waals surface area contributed by atoms with Crippen molar-refractivity contribution in [1.82, 2.24) is 15.8 Å². The van der Waals surface area contributed by atoms with Gasteiger partial charge in [0.25, 0.3) is 0 Å². The third kappa shape index (κ3) is 1.91. The van der Waals surface area contributed by atoms with Crippen molar-refractivity contribution in [3.8, 4) is 0 Å². The Hall–Kier alpha value is -1.41. The number of halogens is 3.